The molecule has 0 amide bonds. The third-order valence-corrected chi connectivity index (χ3v) is 0.243. The van der Waals surface area contributed by atoms with E-state index in [1.807, 2.05) is 0 Å². The van der Waals surface area contributed by atoms with Crippen LogP contribution < -0.4 is 0 Å². The van der Waals surface area contributed by atoms with Gasteiger partial charge in [0, 0.05) is 0 Å². The number of rotatable bonds is 0. The van der Waals surface area contributed by atoms with E-state index < -0.39 is 19.5 Å². The molecule has 0 spiro atoms. The minimum atomic E-state index is -5.08. The molecule has 0 saturated carbocycles. The van der Waals surface area contributed by atoms with Crippen LogP contribution in [0.15, 0.2) is 0 Å². The molecule has 0 saturated heterocycles. The van der Waals surface area contributed by atoms with E-state index in [4.69, 9.17) is 25.0 Å². The Labute approximate surface area is 58.9 Å². The molecule has 4 N–H and O–H groups in total. The summed E-state index contributed by atoms with van der Waals surface area (Å²) in [5.41, 5.74) is 0. The average molecular weight is 176 g/mol. The average Bonchev–Trinajstić information content (AvgIpc) is 1.59. The third kappa shape index (κ3) is 17.6. The van der Waals surface area contributed by atoms with E-state index in [0.717, 1.165) is 0 Å². The normalized spacial score (nSPS) is 9.64. The molecule has 0 aromatic heterocycles. The highest BCUT2D eigenvalue weighted by Crippen LogP contribution is 2.13. The molecule has 0 radical (unpaired) electrons. The zero-order valence-corrected chi connectivity index (χ0v) is 4.91. The number of carbonyl (C=O) groups is 1. The number of hydrogen-bond acceptors (Lipinski definition) is 4. The van der Waals surface area contributed by atoms with Gasteiger partial charge in [0.05, 0.1) is 0 Å². The van der Waals surface area contributed by atoms with Crippen molar-refractivity contribution in [2.75, 3.05) is 0 Å². The lowest BCUT2D eigenvalue weighted by atomic mass is 10.3. The van der Waals surface area contributed by atoms with E-state index >= 15 is 0 Å². The second-order valence-electron chi connectivity index (χ2n) is 1.15. The first-order valence-corrected chi connectivity index (χ1v) is 2.02. The van der Waals surface area contributed by atoms with Gasteiger partial charge in [0.2, 0.25) is 0 Å². The van der Waals surface area contributed by atoms with Crippen LogP contribution in [0, 0.1) is 0 Å². The largest absolute Gasteiger partial charge is 0.631 e. The highest BCUT2D eigenvalue weighted by molar-refractivity contribution is 6.30. The van der Waals surface area contributed by atoms with Crippen LogP contribution in [0.3, 0.4) is 0 Å². The summed E-state index contributed by atoms with van der Waals surface area (Å²) in [4.78, 5) is 8.90. The summed E-state index contributed by atoms with van der Waals surface area (Å²) in [6, 6.07) is 0. The van der Waals surface area contributed by atoms with Crippen molar-refractivity contribution < 1.29 is 38.1 Å². The highest BCUT2D eigenvalue weighted by Gasteiger charge is 2.38. The second kappa shape index (κ2) is 4.94. The van der Waals surface area contributed by atoms with Crippen LogP contribution in [-0.4, -0.2) is 39.6 Å². The Hall–Kier alpha value is -0.795. The minimum absolute atomic E-state index is 2.17. The fourth-order valence-electron chi connectivity index (χ4n) is 0. The summed E-state index contributed by atoms with van der Waals surface area (Å²) >= 11 is 0. The molecule has 0 heterocycles. The lowest BCUT2D eigenvalue weighted by molar-refractivity contribution is -0.192. The zero-order chi connectivity index (χ0) is 9.65. The van der Waals surface area contributed by atoms with Crippen LogP contribution in [0.2, 0.25) is 0 Å². The number of halogens is 3. The SMILES string of the molecule is O=C(O)C(F)(F)F.OB(O)O. The Balaban J connectivity index is 0. The molecule has 0 aliphatic heterocycles. The fraction of sp³-hybridized carbons (Fsp3) is 0.500. The Morgan fingerprint density at radius 2 is 1.27 bits per heavy atom. The van der Waals surface area contributed by atoms with Crippen LogP contribution in [0.4, 0.5) is 13.2 Å². The summed E-state index contributed by atoms with van der Waals surface area (Å²) in [7, 11) is -2.17. The topological polar surface area (TPSA) is 98.0 Å². The predicted molar refractivity (Wildman–Crippen MR) is 26.1 cm³/mol. The molecule has 0 fully saturated rings. The Kier molecular flexibility index (Phi) is 5.76. The molecule has 0 unspecified atom stereocenters. The molecule has 0 aliphatic rings. The third-order valence-electron chi connectivity index (χ3n) is 0.243. The van der Waals surface area contributed by atoms with E-state index in [1.165, 1.54) is 0 Å². The smallest absolute Gasteiger partial charge is 0.475 e. The summed E-state index contributed by atoms with van der Waals surface area (Å²) in [5, 5.41) is 28.6. The highest BCUT2D eigenvalue weighted by atomic mass is 19.4. The predicted octanol–water partition coefficient (Wildman–Crippen LogP) is -1.42. The van der Waals surface area contributed by atoms with Crippen molar-refractivity contribution in [2.45, 2.75) is 6.18 Å². The Morgan fingerprint density at radius 3 is 1.27 bits per heavy atom. The number of carboxylic acids is 1. The summed E-state index contributed by atoms with van der Waals surface area (Å²) in [6.45, 7) is 0. The molecule has 0 atom stereocenters. The molecule has 66 valence electrons. The molecule has 9 heteroatoms. The monoisotopic (exact) mass is 176 g/mol. The van der Waals surface area contributed by atoms with Crippen LogP contribution in [-0.2, 0) is 4.79 Å². The van der Waals surface area contributed by atoms with Gasteiger partial charge >= 0.3 is 19.5 Å². The minimum Gasteiger partial charge on any atom is -0.475 e. The van der Waals surface area contributed by atoms with E-state index in [2.05, 4.69) is 0 Å². The maximum absolute atomic E-state index is 10.6. The van der Waals surface area contributed by atoms with Gasteiger partial charge in [0.15, 0.2) is 0 Å². The summed E-state index contributed by atoms with van der Waals surface area (Å²) in [5.74, 6) is -2.76. The Bertz CT molecular complexity index is 119. The molecule has 0 aromatic rings. The second-order valence-corrected chi connectivity index (χ2v) is 1.15. The first-order chi connectivity index (χ1) is 4.68. The van der Waals surface area contributed by atoms with Gasteiger partial charge in [-0.1, -0.05) is 0 Å². The molecule has 5 nitrogen and oxygen atoms in total. The molecule has 0 rings (SSSR count). The van der Waals surface area contributed by atoms with Crippen LogP contribution >= 0.6 is 0 Å². The summed E-state index contributed by atoms with van der Waals surface area (Å²) < 4.78 is 31.7. The first kappa shape index (κ1) is 12.8. The van der Waals surface area contributed by atoms with Gasteiger partial charge in [-0.25, -0.2) is 4.79 Å². The van der Waals surface area contributed by atoms with E-state index in [0.29, 0.717) is 0 Å². The molecule has 0 bridgehead atoms. The Morgan fingerprint density at radius 1 is 1.18 bits per heavy atom. The number of alkyl halides is 3. The summed E-state index contributed by atoms with van der Waals surface area (Å²) in [6.07, 6.45) is -5.08. The molecule has 11 heavy (non-hydrogen) atoms. The zero-order valence-electron chi connectivity index (χ0n) is 4.91. The quantitative estimate of drug-likeness (QED) is 0.339. The van der Waals surface area contributed by atoms with Gasteiger partial charge in [-0.3, -0.25) is 0 Å². The number of hydrogen-bond donors (Lipinski definition) is 4. The van der Waals surface area contributed by atoms with Gasteiger partial charge in [-0.2, -0.15) is 13.2 Å². The van der Waals surface area contributed by atoms with Gasteiger partial charge in [0.1, 0.15) is 0 Å². The van der Waals surface area contributed by atoms with Crippen LogP contribution in [0.1, 0.15) is 0 Å². The van der Waals surface area contributed by atoms with Gasteiger partial charge < -0.3 is 20.2 Å². The van der Waals surface area contributed by atoms with Crippen molar-refractivity contribution in [1.82, 2.24) is 0 Å². The van der Waals surface area contributed by atoms with E-state index in [9.17, 15) is 13.2 Å². The number of carboxylic acid groups (broad SMARTS) is 1. The molecular weight excluding hydrogens is 172 g/mol. The lowest BCUT2D eigenvalue weighted by Gasteiger charge is -1.93. The van der Waals surface area contributed by atoms with Crippen molar-refractivity contribution in [1.29, 1.82) is 0 Å². The molecule has 0 aromatic carbocycles. The maximum atomic E-state index is 10.6. The maximum Gasteiger partial charge on any atom is 0.631 e. The van der Waals surface area contributed by atoms with Crippen molar-refractivity contribution in [3.63, 3.8) is 0 Å². The van der Waals surface area contributed by atoms with Crippen LogP contribution in [0.25, 0.3) is 0 Å². The van der Waals surface area contributed by atoms with Crippen molar-refractivity contribution >= 4 is 13.3 Å². The van der Waals surface area contributed by atoms with Crippen molar-refractivity contribution in [3.05, 3.63) is 0 Å². The van der Waals surface area contributed by atoms with Gasteiger partial charge in [0.25, 0.3) is 0 Å². The molecule has 0 aliphatic carbocycles. The van der Waals surface area contributed by atoms with Crippen molar-refractivity contribution in [2.24, 2.45) is 0 Å². The van der Waals surface area contributed by atoms with Gasteiger partial charge in [-0.05, 0) is 0 Å². The number of aliphatic carboxylic acids is 1. The first-order valence-electron chi connectivity index (χ1n) is 2.02. The van der Waals surface area contributed by atoms with Crippen molar-refractivity contribution in [3.8, 4) is 0 Å². The molecular formula is C2H4BF3O5. The fourth-order valence-corrected chi connectivity index (χ4v) is 0. The van der Waals surface area contributed by atoms with Gasteiger partial charge in [-0.15, -0.1) is 0 Å². The van der Waals surface area contributed by atoms with Crippen LogP contribution in [0.5, 0.6) is 0 Å². The lowest BCUT2D eigenvalue weighted by Crippen LogP contribution is -2.21. The van der Waals surface area contributed by atoms with E-state index in [1.54, 1.807) is 0 Å². The standard InChI is InChI=1S/C2HF3O2.BH3O3/c3-2(4,5)1(6)7;2-1(3)4/h(H,6,7);2-4H. The van der Waals surface area contributed by atoms with E-state index in [-0.39, 0.29) is 0 Å².